The molecule has 0 aromatic heterocycles. The van der Waals surface area contributed by atoms with Gasteiger partial charge >= 0.3 is 0 Å². The fraction of sp³-hybridized carbons (Fsp3) is 0.562. The molecule has 1 aromatic carbocycles. The molecule has 1 aliphatic rings. The molecular formula is C16H23FN2O. The molecule has 0 saturated carbocycles. The quantitative estimate of drug-likeness (QED) is 0.920. The molecule has 3 nitrogen and oxygen atoms in total. The van der Waals surface area contributed by atoms with Gasteiger partial charge in [0, 0.05) is 19.5 Å². The van der Waals surface area contributed by atoms with Gasteiger partial charge in [0.05, 0.1) is 0 Å². The van der Waals surface area contributed by atoms with Crippen molar-refractivity contribution in [1.82, 2.24) is 4.90 Å². The Morgan fingerprint density at radius 3 is 2.80 bits per heavy atom. The van der Waals surface area contributed by atoms with E-state index in [9.17, 15) is 9.18 Å². The fourth-order valence-corrected chi connectivity index (χ4v) is 2.78. The Kier molecular flexibility index (Phi) is 4.43. The normalized spacial score (nSPS) is 23.9. The van der Waals surface area contributed by atoms with E-state index < -0.39 is 0 Å². The van der Waals surface area contributed by atoms with E-state index in [4.69, 9.17) is 5.73 Å². The molecule has 2 rings (SSSR count). The molecule has 110 valence electrons. The third-order valence-corrected chi connectivity index (χ3v) is 4.32. The van der Waals surface area contributed by atoms with E-state index in [1.807, 2.05) is 11.8 Å². The van der Waals surface area contributed by atoms with Gasteiger partial charge in [0.25, 0.3) is 0 Å². The Morgan fingerprint density at radius 1 is 1.50 bits per heavy atom. The number of benzene rings is 1. The van der Waals surface area contributed by atoms with Crippen LogP contribution in [0.3, 0.4) is 0 Å². The second-order valence-electron chi connectivity index (χ2n) is 6.21. The number of halogens is 1. The van der Waals surface area contributed by atoms with Crippen molar-refractivity contribution in [2.45, 2.75) is 32.6 Å². The molecule has 0 bridgehead atoms. The second kappa shape index (κ2) is 5.92. The smallest absolute Gasteiger partial charge is 0.223 e. The minimum Gasteiger partial charge on any atom is -0.342 e. The van der Waals surface area contributed by atoms with Gasteiger partial charge in [-0.15, -0.1) is 0 Å². The first-order valence-corrected chi connectivity index (χ1v) is 7.17. The van der Waals surface area contributed by atoms with E-state index in [-0.39, 0.29) is 23.1 Å². The molecule has 4 heteroatoms. The van der Waals surface area contributed by atoms with Gasteiger partial charge in [-0.1, -0.05) is 32.0 Å². The third-order valence-electron chi connectivity index (χ3n) is 4.32. The topological polar surface area (TPSA) is 46.3 Å². The van der Waals surface area contributed by atoms with Gasteiger partial charge in [0.2, 0.25) is 5.91 Å². The molecule has 1 amide bonds. The average molecular weight is 278 g/mol. The summed E-state index contributed by atoms with van der Waals surface area (Å²) in [5.41, 5.74) is 6.41. The van der Waals surface area contributed by atoms with E-state index >= 15 is 0 Å². The summed E-state index contributed by atoms with van der Waals surface area (Å²) < 4.78 is 13.7. The highest BCUT2D eigenvalue weighted by atomic mass is 19.1. The lowest BCUT2D eigenvalue weighted by atomic mass is 9.90. The molecule has 1 fully saturated rings. The van der Waals surface area contributed by atoms with Crippen molar-refractivity contribution in [2.24, 2.45) is 11.1 Å². The van der Waals surface area contributed by atoms with Crippen LogP contribution < -0.4 is 5.73 Å². The van der Waals surface area contributed by atoms with E-state index in [1.54, 1.807) is 18.2 Å². The predicted octanol–water partition coefficient (Wildman–Crippen LogP) is 2.52. The van der Waals surface area contributed by atoms with Gasteiger partial charge in [-0.05, 0) is 35.9 Å². The lowest BCUT2D eigenvalue weighted by Crippen LogP contribution is -2.34. The highest BCUT2D eigenvalue weighted by molar-refractivity contribution is 5.77. The summed E-state index contributed by atoms with van der Waals surface area (Å²) in [6.07, 6.45) is 1.30. The standard InChI is InChI=1S/C16H23FN2O/c1-12(13-5-3-4-6-14(13)17)9-15(20)19-8-7-16(2,10-18)11-19/h3-6,12H,7-11,18H2,1-2H3. The Hall–Kier alpha value is -1.42. The summed E-state index contributed by atoms with van der Waals surface area (Å²) in [6.45, 7) is 6.08. The number of nitrogens with zero attached hydrogens (tertiary/aromatic N) is 1. The van der Waals surface area contributed by atoms with Crippen LogP contribution in [0, 0.1) is 11.2 Å². The molecular weight excluding hydrogens is 255 g/mol. The summed E-state index contributed by atoms with van der Waals surface area (Å²) >= 11 is 0. The Morgan fingerprint density at radius 2 is 2.20 bits per heavy atom. The largest absolute Gasteiger partial charge is 0.342 e. The summed E-state index contributed by atoms with van der Waals surface area (Å²) in [4.78, 5) is 14.2. The van der Waals surface area contributed by atoms with Crippen LogP contribution in [-0.2, 0) is 4.79 Å². The summed E-state index contributed by atoms with van der Waals surface area (Å²) in [6, 6.07) is 6.67. The van der Waals surface area contributed by atoms with E-state index in [1.165, 1.54) is 6.07 Å². The van der Waals surface area contributed by atoms with Gasteiger partial charge in [-0.2, -0.15) is 0 Å². The van der Waals surface area contributed by atoms with Crippen molar-refractivity contribution in [2.75, 3.05) is 19.6 Å². The zero-order chi connectivity index (χ0) is 14.8. The van der Waals surface area contributed by atoms with Gasteiger partial charge in [0.15, 0.2) is 0 Å². The number of nitrogens with two attached hydrogens (primary N) is 1. The minimum absolute atomic E-state index is 0.0386. The van der Waals surface area contributed by atoms with Crippen LogP contribution >= 0.6 is 0 Å². The van der Waals surface area contributed by atoms with Crippen molar-refractivity contribution in [3.8, 4) is 0 Å². The third kappa shape index (κ3) is 3.18. The number of rotatable bonds is 4. The molecule has 2 atom stereocenters. The van der Waals surface area contributed by atoms with Crippen LogP contribution in [-0.4, -0.2) is 30.4 Å². The summed E-state index contributed by atoms with van der Waals surface area (Å²) in [5, 5.41) is 0. The SMILES string of the molecule is CC(CC(=O)N1CCC(C)(CN)C1)c1ccccc1F. The van der Waals surface area contributed by atoms with Gasteiger partial charge in [0.1, 0.15) is 5.82 Å². The first-order chi connectivity index (χ1) is 9.45. The second-order valence-corrected chi connectivity index (χ2v) is 6.21. The lowest BCUT2D eigenvalue weighted by Gasteiger charge is -2.23. The zero-order valence-electron chi connectivity index (χ0n) is 12.2. The summed E-state index contributed by atoms with van der Waals surface area (Å²) in [5.74, 6) is -0.243. The number of likely N-dealkylation sites (tertiary alicyclic amines) is 1. The number of carbonyl (C=O) groups excluding carboxylic acids is 1. The maximum Gasteiger partial charge on any atom is 0.223 e. The summed E-state index contributed by atoms with van der Waals surface area (Å²) in [7, 11) is 0. The number of hydrogen-bond donors (Lipinski definition) is 1. The van der Waals surface area contributed by atoms with Crippen molar-refractivity contribution < 1.29 is 9.18 Å². The van der Waals surface area contributed by atoms with Crippen LogP contribution in [0.15, 0.2) is 24.3 Å². The first-order valence-electron chi connectivity index (χ1n) is 7.17. The molecule has 0 spiro atoms. The Bertz CT molecular complexity index is 491. The molecule has 0 aliphatic carbocycles. The number of amides is 1. The fourth-order valence-electron chi connectivity index (χ4n) is 2.78. The lowest BCUT2D eigenvalue weighted by molar-refractivity contribution is -0.130. The molecule has 2 unspecified atom stereocenters. The highest BCUT2D eigenvalue weighted by Crippen LogP contribution is 2.30. The molecule has 0 radical (unpaired) electrons. The van der Waals surface area contributed by atoms with Crippen LogP contribution in [0.2, 0.25) is 0 Å². The predicted molar refractivity (Wildman–Crippen MR) is 77.8 cm³/mol. The van der Waals surface area contributed by atoms with Crippen LogP contribution in [0.4, 0.5) is 4.39 Å². The first kappa shape index (κ1) is 15.0. The van der Waals surface area contributed by atoms with Crippen molar-refractivity contribution >= 4 is 5.91 Å². The van der Waals surface area contributed by atoms with Crippen LogP contribution in [0.1, 0.15) is 38.2 Å². The van der Waals surface area contributed by atoms with Crippen LogP contribution in [0.5, 0.6) is 0 Å². The molecule has 1 aliphatic heterocycles. The average Bonchev–Trinajstić information content (AvgIpc) is 2.83. The number of carbonyl (C=O) groups is 1. The van der Waals surface area contributed by atoms with Gasteiger partial charge in [-0.25, -0.2) is 4.39 Å². The van der Waals surface area contributed by atoms with Gasteiger partial charge in [-0.3, -0.25) is 4.79 Å². The van der Waals surface area contributed by atoms with Gasteiger partial charge < -0.3 is 10.6 Å². The molecule has 1 aromatic rings. The van der Waals surface area contributed by atoms with Crippen LogP contribution in [0.25, 0.3) is 0 Å². The number of hydrogen-bond acceptors (Lipinski definition) is 2. The van der Waals surface area contributed by atoms with E-state index in [0.717, 1.165) is 13.0 Å². The highest BCUT2D eigenvalue weighted by Gasteiger charge is 2.35. The molecule has 1 heterocycles. The Labute approximate surface area is 120 Å². The van der Waals surface area contributed by atoms with E-state index in [0.29, 0.717) is 25.1 Å². The molecule has 2 N–H and O–H groups in total. The maximum atomic E-state index is 13.7. The minimum atomic E-state index is -0.235. The van der Waals surface area contributed by atoms with Crippen molar-refractivity contribution in [3.05, 3.63) is 35.6 Å². The molecule has 20 heavy (non-hydrogen) atoms. The van der Waals surface area contributed by atoms with Crippen molar-refractivity contribution in [3.63, 3.8) is 0 Å². The Balaban J connectivity index is 1.97. The van der Waals surface area contributed by atoms with Crippen molar-refractivity contribution in [1.29, 1.82) is 0 Å². The maximum absolute atomic E-state index is 13.7. The monoisotopic (exact) mass is 278 g/mol. The zero-order valence-corrected chi connectivity index (χ0v) is 12.2. The molecule has 1 saturated heterocycles. The van der Waals surface area contributed by atoms with E-state index in [2.05, 4.69) is 6.92 Å².